The van der Waals surface area contributed by atoms with Gasteiger partial charge in [-0.1, -0.05) is 35.9 Å². The third kappa shape index (κ3) is 2.95. The van der Waals surface area contributed by atoms with E-state index in [1.807, 2.05) is 19.2 Å². The van der Waals surface area contributed by atoms with Gasteiger partial charge in [0.25, 0.3) is 5.56 Å². The molecule has 0 radical (unpaired) electrons. The van der Waals surface area contributed by atoms with Crippen molar-refractivity contribution in [1.29, 1.82) is 0 Å². The van der Waals surface area contributed by atoms with Crippen LogP contribution in [0.3, 0.4) is 0 Å². The molecule has 0 amide bonds. The lowest BCUT2D eigenvalue weighted by Gasteiger charge is -2.09. The van der Waals surface area contributed by atoms with Gasteiger partial charge in [0.1, 0.15) is 10.5 Å². The average molecular weight is 364 g/mol. The van der Waals surface area contributed by atoms with Gasteiger partial charge >= 0.3 is 0 Å². The van der Waals surface area contributed by atoms with Crippen molar-refractivity contribution in [2.24, 2.45) is 0 Å². The summed E-state index contributed by atoms with van der Waals surface area (Å²) in [5.41, 5.74) is 5.78. The van der Waals surface area contributed by atoms with Crippen LogP contribution >= 0.6 is 11.3 Å². The molecule has 0 aliphatic rings. The van der Waals surface area contributed by atoms with E-state index in [1.54, 1.807) is 23.0 Å². The Bertz CT molecular complexity index is 1160. The fourth-order valence-corrected chi connectivity index (χ4v) is 4.02. The molecule has 0 N–H and O–H groups in total. The molecule has 2 aromatic heterocycles. The molecule has 0 aliphatic carbocycles. The molecule has 2 heterocycles. The highest BCUT2D eigenvalue weighted by molar-refractivity contribution is 7.17. The molecule has 4 aromatic rings. The van der Waals surface area contributed by atoms with Crippen LogP contribution in [0.25, 0.3) is 21.3 Å². The highest BCUT2D eigenvalue weighted by atomic mass is 32.1. The average Bonchev–Trinajstić information content (AvgIpc) is 3.06. The van der Waals surface area contributed by atoms with Gasteiger partial charge in [-0.3, -0.25) is 9.36 Å². The van der Waals surface area contributed by atoms with Crippen molar-refractivity contribution in [1.82, 2.24) is 9.55 Å². The van der Waals surface area contributed by atoms with Crippen molar-refractivity contribution in [3.05, 3.63) is 87.0 Å². The number of thiophene rings is 1. The molecule has 0 saturated carbocycles. The minimum Gasteiger partial charge on any atom is -0.294 e. The van der Waals surface area contributed by atoms with Crippen LogP contribution in [0.2, 0.25) is 0 Å². The van der Waals surface area contributed by atoms with E-state index >= 15 is 0 Å². The summed E-state index contributed by atoms with van der Waals surface area (Å²) in [5, 5.41) is 1.91. The summed E-state index contributed by atoms with van der Waals surface area (Å²) in [6.45, 7) is 4.59. The fraction of sp³-hybridized carbons (Fsp3) is 0.143. The maximum Gasteiger partial charge on any atom is 0.271 e. The van der Waals surface area contributed by atoms with E-state index in [9.17, 15) is 9.18 Å². The quantitative estimate of drug-likeness (QED) is 0.517. The molecule has 0 bridgehead atoms. The van der Waals surface area contributed by atoms with E-state index in [0.717, 1.165) is 22.3 Å². The van der Waals surface area contributed by atoms with Crippen molar-refractivity contribution >= 4 is 21.6 Å². The maximum absolute atomic E-state index is 13.2. The van der Waals surface area contributed by atoms with Crippen LogP contribution in [-0.2, 0) is 6.54 Å². The van der Waals surface area contributed by atoms with Gasteiger partial charge < -0.3 is 0 Å². The van der Waals surface area contributed by atoms with Gasteiger partial charge in [0, 0.05) is 10.9 Å². The summed E-state index contributed by atoms with van der Waals surface area (Å²) in [6, 6.07) is 12.5. The Morgan fingerprint density at radius 2 is 1.88 bits per heavy atom. The van der Waals surface area contributed by atoms with Crippen LogP contribution < -0.4 is 5.56 Å². The van der Waals surface area contributed by atoms with E-state index < -0.39 is 0 Å². The molecule has 0 unspecified atom stereocenters. The molecular formula is C21H17FN2OS. The number of rotatable bonds is 3. The molecule has 5 heteroatoms. The molecule has 0 aliphatic heterocycles. The van der Waals surface area contributed by atoms with Gasteiger partial charge in [-0.2, -0.15) is 0 Å². The predicted molar refractivity (Wildman–Crippen MR) is 104 cm³/mol. The fourth-order valence-electron chi connectivity index (χ4n) is 3.04. The molecular weight excluding hydrogens is 347 g/mol. The number of aryl methyl sites for hydroxylation is 2. The molecule has 0 atom stereocenters. The Balaban J connectivity index is 1.78. The van der Waals surface area contributed by atoms with Gasteiger partial charge in [-0.25, -0.2) is 9.37 Å². The second-order valence-electron chi connectivity index (χ2n) is 6.44. The lowest BCUT2D eigenvalue weighted by atomic mass is 10.1. The van der Waals surface area contributed by atoms with Gasteiger partial charge in [0.2, 0.25) is 0 Å². The van der Waals surface area contributed by atoms with E-state index in [0.29, 0.717) is 16.8 Å². The first-order valence-electron chi connectivity index (χ1n) is 8.31. The van der Waals surface area contributed by atoms with E-state index in [2.05, 4.69) is 23.2 Å². The van der Waals surface area contributed by atoms with Crippen molar-refractivity contribution in [2.75, 3.05) is 0 Å². The van der Waals surface area contributed by atoms with E-state index in [1.165, 1.54) is 29.0 Å². The molecule has 0 saturated heterocycles. The zero-order chi connectivity index (χ0) is 18.3. The molecule has 26 heavy (non-hydrogen) atoms. The maximum atomic E-state index is 13.2. The number of benzene rings is 2. The SMILES string of the molecule is Cc1ccc(C)c(Cn2cnc3c(-c4ccc(F)cc4)csc3c2=O)c1. The first-order chi connectivity index (χ1) is 12.5. The van der Waals surface area contributed by atoms with E-state index in [-0.39, 0.29) is 11.4 Å². The monoisotopic (exact) mass is 364 g/mol. The normalized spacial score (nSPS) is 11.2. The zero-order valence-corrected chi connectivity index (χ0v) is 15.3. The molecule has 0 spiro atoms. The minimum atomic E-state index is -0.280. The van der Waals surface area contributed by atoms with Crippen molar-refractivity contribution in [2.45, 2.75) is 20.4 Å². The molecule has 130 valence electrons. The molecule has 2 aromatic carbocycles. The summed E-state index contributed by atoms with van der Waals surface area (Å²) in [6.07, 6.45) is 1.60. The minimum absolute atomic E-state index is 0.0470. The van der Waals surface area contributed by atoms with Gasteiger partial charge in [-0.15, -0.1) is 11.3 Å². The number of nitrogens with zero attached hydrogens (tertiary/aromatic N) is 2. The second kappa shape index (κ2) is 6.50. The smallest absolute Gasteiger partial charge is 0.271 e. The molecule has 4 rings (SSSR count). The van der Waals surface area contributed by atoms with Crippen LogP contribution in [0.4, 0.5) is 4.39 Å². The Kier molecular flexibility index (Phi) is 4.17. The summed E-state index contributed by atoms with van der Waals surface area (Å²) in [7, 11) is 0. The van der Waals surface area contributed by atoms with Gasteiger partial charge in [0.15, 0.2) is 0 Å². The number of halogens is 1. The van der Waals surface area contributed by atoms with Crippen LogP contribution in [-0.4, -0.2) is 9.55 Å². The molecule has 3 nitrogen and oxygen atoms in total. The summed E-state index contributed by atoms with van der Waals surface area (Å²) in [5.74, 6) is -0.280. The second-order valence-corrected chi connectivity index (χ2v) is 7.32. The standard InChI is InChI=1S/C21H17FN2OS/c1-13-3-4-14(2)16(9-13)10-24-12-23-19-18(11-26-20(19)21(24)25)15-5-7-17(22)8-6-15/h3-9,11-12H,10H2,1-2H3. The Morgan fingerprint density at radius 1 is 1.12 bits per heavy atom. The molecule has 0 fully saturated rings. The number of hydrogen-bond donors (Lipinski definition) is 0. The third-order valence-corrected chi connectivity index (χ3v) is 5.50. The van der Waals surface area contributed by atoms with Crippen LogP contribution in [0.5, 0.6) is 0 Å². The number of aromatic nitrogens is 2. The van der Waals surface area contributed by atoms with Crippen molar-refractivity contribution in [3.63, 3.8) is 0 Å². The lowest BCUT2D eigenvalue weighted by Crippen LogP contribution is -2.20. The summed E-state index contributed by atoms with van der Waals surface area (Å²) in [4.78, 5) is 17.4. The largest absolute Gasteiger partial charge is 0.294 e. The Labute approximate surface area is 154 Å². The van der Waals surface area contributed by atoms with Crippen LogP contribution in [0.15, 0.2) is 59.0 Å². The third-order valence-electron chi connectivity index (χ3n) is 4.55. The highest BCUT2D eigenvalue weighted by Gasteiger charge is 2.13. The number of hydrogen-bond acceptors (Lipinski definition) is 3. The van der Waals surface area contributed by atoms with Crippen LogP contribution in [0.1, 0.15) is 16.7 Å². The zero-order valence-electron chi connectivity index (χ0n) is 14.5. The number of fused-ring (bicyclic) bond motifs is 1. The summed E-state index contributed by atoms with van der Waals surface area (Å²) >= 11 is 1.38. The highest BCUT2D eigenvalue weighted by Crippen LogP contribution is 2.30. The van der Waals surface area contributed by atoms with Gasteiger partial charge in [-0.05, 0) is 42.7 Å². The predicted octanol–water partition coefficient (Wildman–Crippen LogP) is 4.93. The van der Waals surface area contributed by atoms with Crippen molar-refractivity contribution in [3.8, 4) is 11.1 Å². The lowest BCUT2D eigenvalue weighted by molar-refractivity contribution is 0.628. The first kappa shape index (κ1) is 16.7. The summed E-state index contributed by atoms with van der Waals surface area (Å²) < 4.78 is 15.4. The topological polar surface area (TPSA) is 34.9 Å². The first-order valence-corrected chi connectivity index (χ1v) is 9.19. The Hall–Kier alpha value is -2.79. The Morgan fingerprint density at radius 3 is 2.65 bits per heavy atom. The van der Waals surface area contributed by atoms with Crippen molar-refractivity contribution < 1.29 is 4.39 Å². The van der Waals surface area contributed by atoms with Crippen LogP contribution in [0, 0.1) is 19.7 Å². The van der Waals surface area contributed by atoms with E-state index in [4.69, 9.17) is 0 Å². The van der Waals surface area contributed by atoms with Gasteiger partial charge in [0.05, 0.1) is 18.4 Å².